The Labute approximate surface area is 183 Å². The molecule has 4 rings (SSSR count). The molecule has 0 atom stereocenters. The van der Waals surface area contributed by atoms with Crippen molar-refractivity contribution < 1.29 is 14.0 Å². The van der Waals surface area contributed by atoms with Gasteiger partial charge in [0.15, 0.2) is 5.13 Å². The van der Waals surface area contributed by atoms with Gasteiger partial charge in [-0.2, -0.15) is 0 Å². The lowest BCUT2D eigenvalue weighted by atomic mass is 10.3. The summed E-state index contributed by atoms with van der Waals surface area (Å²) in [6.45, 7) is 0.706. The van der Waals surface area contributed by atoms with Crippen molar-refractivity contribution in [2.24, 2.45) is 0 Å². The van der Waals surface area contributed by atoms with E-state index < -0.39 is 0 Å². The smallest absolute Gasteiger partial charge is 0.273 e. The first-order valence-electron chi connectivity index (χ1n) is 10.0. The molecule has 0 bridgehead atoms. The molecule has 160 valence electrons. The first-order chi connectivity index (χ1) is 15.1. The average molecular weight is 440 g/mol. The summed E-state index contributed by atoms with van der Waals surface area (Å²) in [5.74, 6) is -0.617. The Kier molecular flexibility index (Phi) is 6.51. The number of carbonyl (C=O) groups excluding carboxylic acids is 2. The van der Waals surface area contributed by atoms with Crippen LogP contribution in [0.4, 0.5) is 15.2 Å². The molecule has 2 aromatic heterocycles. The van der Waals surface area contributed by atoms with Crippen LogP contribution in [-0.4, -0.2) is 39.3 Å². The lowest BCUT2D eigenvalue weighted by molar-refractivity contribution is -0.121. The first kappa shape index (κ1) is 20.9. The highest BCUT2D eigenvalue weighted by molar-refractivity contribution is 7.14. The van der Waals surface area contributed by atoms with E-state index in [9.17, 15) is 14.0 Å². The Morgan fingerprint density at radius 3 is 2.68 bits per heavy atom. The van der Waals surface area contributed by atoms with E-state index in [0.717, 1.165) is 18.5 Å². The van der Waals surface area contributed by atoms with Crippen molar-refractivity contribution >= 4 is 34.0 Å². The Bertz CT molecular complexity index is 1040. The van der Waals surface area contributed by atoms with Gasteiger partial charge < -0.3 is 15.5 Å². The van der Waals surface area contributed by atoms with E-state index in [1.807, 2.05) is 18.2 Å². The fraction of sp³-hybridized carbons (Fsp3) is 0.273. The number of halogens is 1. The molecule has 1 aromatic carbocycles. The average Bonchev–Trinajstić information content (AvgIpc) is 3.52. The molecule has 2 N–H and O–H groups in total. The topological polar surface area (TPSA) is 87.2 Å². The van der Waals surface area contributed by atoms with E-state index in [2.05, 4.69) is 20.6 Å². The second-order valence-electron chi connectivity index (χ2n) is 7.25. The zero-order chi connectivity index (χ0) is 21.6. The van der Waals surface area contributed by atoms with Crippen molar-refractivity contribution in [2.75, 3.05) is 11.9 Å². The molecule has 31 heavy (non-hydrogen) atoms. The summed E-state index contributed by atoms with van der Waals surface area (Å²) in [5, 5.41) is 8.16. The highest BCUT2D eigenvalue weighted by Gasteiger charge is 2.34. The highest BCUT2D eigenvalue weighted by atomic mass is 32.1. The number of nitrogens with one attached hydrogen (secondary N) is 2. The van der Waals surface area contributed by atoms with Crippen molar-refractivity contribution in [2.45, 2.75) is 31.8 Å². The molecule has 7 nitrogen and oxygen atoms in total. The highest BCUT2D eigenvalue weighted by Crippen LogP contribution is 2.29. The number of nitrogens with zero attached hydrogens (tertiary/aromatic N) is 3. The van der Waals surface area contributed by atoms with E-state index in [1.165, 1.54) is 23.5 Å². The van der Waals surface area contributed by atoms with Gasteiger partial charge in [-0.3, -0.25) is 14.6 Å². The Morgan fingerprint density at radius 2 is 1.97 bits per heavy atom. The monoisotopic (exact) mass is 439 g/mol. The summed E-state index contributed by atoms with van der Waals surface area (Å²) in [7, 11) is 0. The number of hydrogen-bond acceptors (Lipinski definition) is 6. The number of benzene rings is 1. The summed E-state index contributed by atoms with van der Waals surface area (Å²) in [6, 6.07) is 11.6. The molecule has 1 aliphatic rings. The van der Waals surface area contributed by atoms with Gasteiger partial charge in [0.25, 0.3) is 5.91 Å². The van der Waals surface area contributed by atoms with E-state index in [1.54, 1.807) is 28.6 Å². The minimum absolute atomic E-state index is 0.124. The maximum absolute atomic E-state index is 13.0. The minimum atomic E-state index is -0.315. The van der Waals surface area contributed by atoms with Gasteiger partial charge in [0, 0.05) is 36.3 Å². The molecular weight excluding hydrogens is 417 g/mol. The summed E-state index contributed by atoms with van der Waals surface area (Å²) in [5.41, 5.74) is 1.82. The summed E-state index contributed by atoms with van der Waals surface area (Å²) >= 11 is 1.31. The third-order valence-electron chi connectivity index (χ3n) is 4.84. The van der Waals surface area contributed by atoms with E-state index in [0.29, 0.717) is 29.6 Å². The van der Waals surface area contributed by atoms with Crippen molar-refractivity contribution in [1.29, 1.82) is 0 Å². The van der Waals surface area contributed by atoms with Crippen LogP contribution in [0, 0.1) is 5.82 Å². The minimum Gasteiger partial charge on any atom is -0.350 e. The largest absolute Gasteiger partial charge is 0.350 e. The predicted octanol–water partition coefficient (Wildman–Crippen LogP) is 3.73. The molecule has 1 aliphatic carbocycles. The fourth-order valence-electron chi connectivity index (χ4n) is 3.07. The van der Waals surface area contributed by atoms with Gasteiger partial charge in [-0.1, -0.05) is 6.07 Å². The zero-order valence-corrected chi connectivity index (χ0v) is 17.6. The SMILES string of the molecule is O=C(CCN(C(=O)c1csc(Nc2ccc(F)cc2)n1)C1CC1)NCc1ccccn1. The third kappa shape index (κ3) is 5.85. The van der Waals surface area contributed by atoms with Crippen molar-refractivity contribution in [3.63, 3.8) is 0 Å². The van der Waals surface area contributed by atoms with Gasteiger partial charge in [-0.05, 0) is 49.2 Å². The quantitative estimate of drug-likeness (QED) is 0.531. The van der Waals surface area contributed by atoms with Crippen LogP contribution in [0.25, 0.3) is 0 Å². The van der Waals surface area contributed by atoms with Crippen LogP contribution >= 0.6 is 11.3 Å². The van der Waals surface area contributed by atoms with E-state index in [-0.39, 0.29) is 30.1 Å². The molecule has 2 amide bonds. The van der Waals surface area contributed by atoms with Crippen LogP contribution in [-0.2, 0) is 11.3 Å². The number of hydrogen-bond donors (Lipinski definition) is 2. The van der Waals surface area contributed by atoms with Crippen molar-refractivity contribution in [3.8, 4) is 0 Å². The molecule has 0 unspecified atom stereocenters. The number of amides is 2. The molecule has 2 heterocycles. The number of anilines is 2. The number of rotatable bonds is 9. The predicted molar refractivity (Wildman–Crippen MR) is 117 cm³/mol. The standard InChI is InChI=1S/C22H22FN5O2S/c23-15-4-6-16(7-5-15)26-22-27-19(14-31-22)21(30)28(18-8-9-18)12-10-20(29)25-13-17-3-1-2-11-24-17/h1-7,11,14,18H,8-10,12-13H2,(H,25,29)(H,26,27). The van der Waals surface area contributed by atoms with Crippen LogP contribution in [0.15, 0.2) is 54.0 Å². The Hall–Kier alpha value is -3.33. The Balaban J connectivity index is 1.32. The molecule has 9 heteroatoms. The first-order valence-corrected chi connectivity index (χ1v) is 10.9. The van der Waals surface area contributed by atoms with Crippen LogP contribution < -0.4 is 10.6 Å². The molecule has 1 fully saturated rings. The summed E-state index contributed by atoms with van der Waals surface area (Å²) in [6.07, 6.45) is 3.78. The fourth-order valence-corrected chi connectivity index (χ4v) is 3.78. The van der Waals surface area contributed by atoms with Gasteiger partial charge in [-0.25, -0.2) is 9.37 Å². The number of aromatic nitrogens is 2. The maximum Gasteiger partial charge on any atom is 0.273 e. The molecule has 0 spiro atoms. The summed E-state index contributed by atoms with van der Waals surface area (Å²) in [4.78, 5) is 35.5. The number of carbonyl (C=O) groups is 2. The molecule has 0 aliphatic heterocycles. The van der Waals surface area contributed by atoms with E-state index in [4.69, 9.17) is 0 Å². The number of thiazole rings is 1. The zero-order valence-electron chi connectivity index (χ0n) is 16.8. The second kappa shape index (κ2) is 9.65. The molecular formula is C22H22FN5O2S. The number of pyridine rings is 1. The van der Waals surface area contributed by atoms with E-state index >= 15 is 0 Å². The van der Waals surface area contributed by atoms with Gasteiger partial charge in [0.1, 0.15) is 11.5 Å². The van der Waals surface area contributed by atoms with Gasteiger partial charge in [-0.15, -0.1) is 11.3 Å². The summed E-state index contributed by atoms with van der Waals surface area (Å²) < 4.78 is 13.0. The van der Waals surface area contributed by atoms with Crippen molar-refractivity contribution in [3.05, 3.63) is 71.2 Å². The Morgan fingerprint density at radius 1 is 1.16 bits per heavy atom. The van der Waals surface area contributed by atoms with Crippen LogP contribution in [0.2, 0.25) is 0 Å². The molecule has 0 radical (unpaired) electrons. The third-order valence-corrected chi connectivity index (χ3v) is 5.60. The lowest BCUT2D eigenvalue weighted by Crippen LogP contribution is -2.37. The van der Waals surface area contributed by atoms with Gasteiger partial charge in [0.05, 0.1) is 12.2 Å². The normalized spacial score (nSPS) is 12.9. The lowest BCUT2D eigenvalue weighted by Gasteiger charge is -2.21. The maximum atomic E-state index is 13.0. The van der Waals surface area contributed by atoms with Crippen LogP contribution in [0.1, 0.15) is 35.4 Å². The molecule has 0 saturated heterocycles. The molecule has 1 saturated carbocycles. The van der Waals surface area contributed by atoms with Crippen molar-refractivity contribution in [1.82, 2.24) is 20.2 Å². The van der Waals surface area contributed by atoms with Gasteiger partial charge >= 0.3 is 0 Å². The molecule has 3 aromatic rings. The van der Waals surface area contributed by atoms with Crippen LogP contribution in [0.3, 0.4) is 0 Å². The van der Waals surface area contributed by atoms with Crippen LogP contribution in [0.5, 0.6) is 0 Å². The second-order valence-corrected chi connectivity index (χ2v) is 8.11. The van der Waals surface area contributed by atoms with Gasteiger partial charge in [0.2, 0.25) is 5.91 Å².